The van der Waals surface area contributed by atoms with Crippen LogP contribution in [0.1, 0.15) is 27.2 Å². The van der Waals surface area contributed by atoms with Crippen LogP contribution in [0, 0.1) is 17.0 Å². The van der Waals surface area contributed by atoms with E-state index >= 15 is 0 Å². The third kappa shape index (κ3) is 4.32. The first-order chi connectivity index (χ1) is 15.4. The number of nitrogens with zero attached hydrogens (tertiary/aromatic N) is 2. The molecule has 1 amide bonds. The Morgan fingerprint density at radius 2 is 1.81 bits per heavy atom. The number of fused-ring (bicyclic) bond motifs is 1. The van der Waals surface area contributed by atoms with Gasteiger partial charge in [0.05, 0.1) is 22.4 Å². The standard InChI is InChI=1S/C25H24N4O3/c1-17-22(27-21-12-7-13-23(24(17)21)29(31)32)16-28(2)25(30)19-9-6-8-18(14-19)15-26-20-10-4-3-5-11-20/h3-14,26-27H,15-16H2,1-2H3. The lowest BCUT2D eigenvalue weighted by Gasteiger charge is -2.18. The molecule has 32 heavy (non-hydrogen) atoms. The third-order valence-corrected chi connectivity index (χ3v) is 5.54. The second-order valence-electron chi connectivity index (χ2n) is 7.77. The highest BCUT2D eigenvalue weighted by Crippen LogP contribution is 2.31. The number of carbonyl (C=O) groups excluding carboxylic acids is 1. The smallest absolute Gasteiger partial charge is 0.279 e. The van der Waals surface area contributed by atoms with E-state index in [-0.39, 0.29) is 16.5 Å². The summed E-state index contributed by atoms with van der Waals surface area (Å²) < 4.78 is 0. The average molecular weight is 428 g/mol. The summed E-state index contributed by atoms with van der Waals surface area (Å²) in [4.78, 5) is 28.9. The summed E-state index contributed by atoms with van der Waals surface area (Å²) in [6.07, 6.45) is 0. The Labute approximate surface area is 185 Å². The van der Waals surface area contributed by atoms with E-state index in [2.05, 4.69) is 10.3 Å². The zero-order valence-electron chi connectivity index (χ0n) is 18.0. The Kier molecular flexibility index (Phi) is 5.89. The molecular formula is C25H24N4O3. The third-order valence-electron chi connectivity index (χ3n) is 5.54. The minimum absolute atomic E-state index is 0.0649. The summed E-state index contributed by atoms with van der Waals surface area (Å²) >= 11 is 0. The largest absolute Gasteiger partial charge is 0.381 e. The summed E-state index contributed by atoms with van der Waals surface area (Å²) in [6.45, 7) is 2.78. The van der Waals surface area contributed by atoms with Gasteiger partial charge in [-0.05, 0) is 48.4 Å². The van der Waals surface area contributed by atoms with Gasteiger partial charge >= 0.3 is 0 Å². The predicted molar refractivity (Wildman–Crippen MR) is 126 cm³/mol. The lowest BCUT2D eigenvalue weighted by atomic mass is 10.1. The highest BCUT2D eigenvalue weighted by molar-refractivity contribution is 5.95. The van der Waals surface area contributed by atoms with E-state index in [9.17, 15) is 14.9 Å². The number of nitro benzene ring substituents is 1. The molecule has 0 aliphatic heterocycles. The van der Waals surface area contributed by atoms with E-state index in [1.165, 1.54) is 6.07 Å². The van der Waals surface area contributed by atoms with Crippen LogP contribution in [0.25, 0.3) is 10.9 Å². The second-order valence-corrected chi connectivity index (χ2v) is 7.77. The molecule has 0 aliphatic rings. The molecule has 0 unspecified atom stereocenters. The summed E-state index contributed by atoms with van der Waals surface area (Å²) in [6, 6.07) is 22.4. The number of H-pyrrole nitrogens is 1. The van der Waals surface area contributed by atoms with Crippen LogP contribution in [0.4, 0.5) is 11.4 Å². The van der Waals surface area contributed by atoms with Crippen molar-refractivity contribution in [2.75, 3.05) is 12.4 Å². The van der Waals surface area contributed by atoms with Gasteiger partial charge in [-0.2, -0.15) is 0 Å². The predicted octanol–water partition coefficient (Wildman–Crippen LogP) is 5.27. The molecule has 4 aromatic rings. The first-order valence-corrected chi connectivity index (χ1v) is 10.3. The molecule has 0 spiro atoms. The number of non-ortho nitro benzene ring substituents is 1. The highest BCUT2D eigenvalue weighted by Gasteiger charge is 2.20. The van der Waals surface area contributed by atoms with E-state index in [0.717, 1.165) is 22.5 Å². The topological polar surface area (TPSA) is 91.3 Å². The molecule has 3 aromatic carbocycles. The SMILES string of the molecule is Cc1c(CN(C)C(=O)c2cccc(CNc3ccccc3)c2)[nH]c2cccc([N+](=O)[O-])c12. The second kappa shape index (κ2) is 8.93. The number of aromatic amines is 1. The fraction of sp³-hybridized carbons (Fsp3) is 0.160. The maximum atomic E-state index is 13.1. The van der Waals surface area contributed by atoms with Crippen molar-refractivity contribution < 1.29 is 9.72 Å². The van der Waals surface area contributed by atoms with Gasteiger partial charge in [-0.25, -0.2) is 0 Å². The number of hydrogen-bond donors (Lipinski definition) is 2. The fourth-order valence-electron chi connectivity index (χ4n) is 3.86. The maximum Gasteiger partial charge on any atom is 0.279 e. The Morgan fingerprint density at radius 3 is 2.56 bits per heavy atom. The molecule has 0 aliphatic carbocycles. The van der Waals surface area contributed by atoms with Gasteiger partial charge in [-0.15, -0.1) is 0 Å². The number of rotatable bonds is 7. The molecule has 162 valence electrons. The zero-order valence-corrected chi connectivity index (χ0v) is 18.0. The first kappa shape index (κ1) is 21.1. The normalized spacial score (nSPS) is 10.8. The van der Waals surface area contributed by atoms with E-state index in [1.807, 2.05) is 61.5 Å². The number of amides is 1. The molecule has 0 saturated carbocycles. The lowest BCUT2D eigenvalue weighted by Crippen LogP contribution is -2.26. The van der Waals surface area contributed by atoms with Crippen molar-refractivity contribution in [1.29, 1.82) is 0 Å². The molecule has 1 heterocycles. The minimum Gasteiger partial charge on any atom is -0.381 e. The van der Waals surface area contributed by atoms with E-state index in [0.29, 0.717) is 29.6 Å². The van der Waals surface area contributed by atoms with E-state index < -0.39 is 0 Å². The molecule has 0 saturated heterocycles. The van der Waals surface area contributed by atoms with Crippen molar-refractivity contribution in [2.24, 2.45) is 0 Å². The van der Waals surface area contributed by atoms with Gasteiger partial charge in [0.2, 0.25) is 0 Å². The highest BCUT2D eigenvalue weighted by atomic mass is 16.6. The van der Waals surface area contributed by atoms with Gasteiger partial charge in [0.1, 0.15) is 0 Å². The monoisotopic (exact) mass is 428 g/mol. The van der Waals surface area contributed by atoms with Gasteiger partial charge in [0, 0.05) is 36.6 Å². The van der Waals surface area contributed by atoms with Crippen LogP contribution in [0.15, 0.2) is 72.8 Å². The van der Waals surface area contributed by atoms with Crippen LogP contribution in [0.3, 0.4) is 0 Å². The number of hydrogen-bond acceptors (Lipinski definition) is 4. The molecular weight excluding hydrogens is 404 g/mol. The van der Waals surface area contributed by atoms with Gasteiger partial charge in [-0.3, -0.25) is 14.9 Å². The molecule has 0 fully saturated rings. The van der Waals surface area contributed by atoms with E-state index in [4.69, 9.17) is 0 Å². The van der Waals surface area contributed by atoms with Crippen LogP contribution in [0.2, 0.25) is 0 Å². The van der Waals surface area contributed by atoms with Crippen molar-refractivity contribution in [1.82, 2.24) is 9.88 Å². The Morgan fingerprint density at radius 1 is 1.06 bits per heavy atom. The zero-order chi connectivity index (χ0) is 22.7. The fourth-order valence-corrected chi connectivity index (χ4v) is 3.86. The van der Waals surface area contributed by atoms with Gasteiger partial charge in [0.25, 0.3) is 11.6 Å². The first-order valence-electron chi connectivity index (χ1n) is 10.3. The molecule has 0 bridgehead atoms. The Bertz CT molecular complexity index is 1280. The van der Waals surface area contributed by atoms with Gasteiger partial charge in [0.15, 0.2) is 0 Å². The van der Waals surface area contributed by atoms with E-state index in [1.54, 1.807) is 24.1 Å². The van der Waals surface area contributed by atoms with Gasteiger partial charge in [-0.1, -0.05) is 36.4 Å². The average Bonchev–Trinajstić information content (AvgIpc) is 3.13. The van der Waals surface area contributed by atoms with Crippen molar-refractivity contribution >= 4 is 28.2 Å². The molecule has 4 rings (SSSR count). The molecule has 7 heteroatoms. The summed E-state index contributed by atoms with van der Waals surface area (Å²) in [5.41, 5.74) is 4.95. The van der Waals surface area contributed by atoms with Crippen LogP contribution in [-0.4, -0.2) is 27.8 Å². The van der Waals surface area contributed by atoms with Crippen molar-refractivity contribution in [3.05, 3.63) is 105 Å². The molecule has 0 radical (unpaired) electrons. The van der Waals surface area contributed by atoms with Crippen LogP contribution < -0.4 is 5.32 Å². The molecule has 2 N–H and O–H groups in total. The summed E-state index contributed by atoms with van der Waals surface area (Å²) in [7, 11) is 1.73. The molecule has 1 aromatic heterocycles. The minimum atomic E-state index is -0.378. The molecule has 0 atom stereocenters. The van der Waals surface area contributed by atoms with Crippen molar-refractivity contribution in [3.8, 4) is 0 Å². The number of aromatic nitrogens is 1. The number of nitro groups is 1. The summed E-state index contributed by atoms with van der Waals surface area (Å²) in [5, 5.41) is 15.3. The Hall–Kier alpha value is -4.13. The number of nitrogens with one attached hydrogen (secondary N) is 2. The maximum absolute atomic E-state index is 13.1. The lowest BCUT2D eigenvalue weighted by molar-refractivity contribution is -0.383. The van der Waals surface area contributed by atoms with Crippen molar-refractivity contribution in [2.45, 2.75) is 20.0 Å². The number of para-hydroxylation sites is 1. The van der Waals surface area contributed by atoms with Crippen LogP contribution in [0.5, 0.6) is 0 Å². The number of benzene rings is 3. The van der Waals surface area contributed by atoms with Crippen molar-refractivity contribution in [3.63, 3.8) is 0 Å². The summed E-state index contributed by atoms with van der Waals surface area (Å²) in [5.74, 6) is -0.112. The quantitative estimate of drug-likeness (QED) is 0.310. The number of aryl methyl sites for hydroxylation is 1. The number of carbonyl (C=O) groups is 1. The Balaban J connectivity index is 1.50. The van der Waals surface area contributed by atoms with Crippen LogP contribution >= 0.6 is 0 Å². The van der Waals surface area contributed by atoms with Crippen LogP contribution in [-0.2, 0) is 13.1 Å². The van der Waals surface area contributed by atoms with Gasteiger partial charge < -0.3 is 15.2 Å². The molecule has 7 nitrogen and oxygen atoms in total. The number of anilines is 1.